The van der Waals surface area contributed by atoms with E-state index in [0.29, 0.717) is 15.8 Å². The molecule has 1 unspecified atom stereocenters. The second-order valence-electron chi connectivity index (χ2n) is 3.90. The number of rotatable bonds is 4. The van der Waals surface area contributed by atoms with E-state index in [1.165, 1.54) is 6.42 Å². The molecule has 0 aliphatic rings. The van der Waals surface area contributed by atoms with Crippen LogP contribution in [0.5, 0.6) is 0 Å². The fourth-order valence-electron chi connectivity index (χ4n) is 1.35. The van der Waals surface area contributed by atoms with Crippen molar-refractivity contribution in [1.29, 1.82) is 0 Å². The molecule has 0 bridgehead atoms. The maximum Gasteiger partial charge on any atom is 0.0589 e. The highest BCUT2D eigenvalue weighted by molar-refractivity contribution is 9.09. The average Bonchev–Trinajstić information content (AvgIpc) is 2.07. The van der Waals surface area contributed by atoms with Crippen LogP contribution in [0.1, 0.15) is 26.0 Å². The minimum Gasteiger partial charge on any atom is -0.260 e. The van der Waals surface area contributed by atoms with Crippen molar-refractivity contribution < 1.29 is 0 Å². The summed E-state index contributed by atoms with van der Waals surface area (Å²) in [5, 5.41) is 0.698. The largest absolute Gasteiger partial charge is 0.260 e. The summed E-state index contributed by atoms with van der Waals surface area (Å²) in [5.41, 5.74) is 1.09. The van der Waals surface area contributed by atoms with Crippen LogP contribution in [0.15, 0.2) is 18.3 Å². The molecule has 0 spiro atoms. The monoisotopic (exact) mass is 275 g/mol. The highest BCUT2D eigenvalue weighted by Crippen LogP contribution is 2.17. The molecule has 0 aromatic carbocycles. The highest BCUT2D eigenvalue weighted by atomic mass is 79.9. The Morgan fingerprint density at radius 1 is 1.43 bits per heavy atom. The van der Waals surface area contributed by atoms with Gasteiger partial charge in [0, 0.05) is 23.1 Å². The molecule has 0 aliphatic carbocycles. The van der Waals surface area contributed by atoms with E-state index < -0.39 is 0 Å². The van der Waals surface area contributed by atoms with E-state index >= 15 is 0 Å². The second-order valence-corrected chi connectivity index (χ2v) is 5.63. The number of pyridine rings is 1. The molecular weight excluding hydrogens is 261 g/mol. The fraction of sp³-hybridized carbons (Fsp3) is 0.545. The third-order valence-corrected chi connectivity index (χ3v) is 2.87. The lowest BCUT2D eigenvalue weighted by atomic mass is 10.1. The van der Waals surface area contributed by atoms with Gasteiger partial charge in [-0.05, 0) is 24.5 Å². The van der Waals surface area contributed by atoms with Crippen molar-refractivity contribution in [2.75, 3.05) is 0 Å². The molecule has 3 heteroatoms. The fourth-order valence-corrected chi connectivity index (χ4v) is 2.54. The molecule has 1 aromatic heterocycles. The molecule has 1 nitrogen and oxygen atoms in total. The summed E-state index contributed by atoms with van der Waals surface area (Å²) in [7, 11) is 0. The van der Waals surface area contributed by atoms with Gasteiger partial charge >= 0.3 is 0 Å². The van der Waals surface area contributed by atoms with Crippen LogP contribution >= 0.6 is 27.5 Å². The Hall–Kier alpha value is -0.0800. The van der Waals surface area contributed by atoms with E-state index in [4.69, 9.17) is 11.6 Å². The number of hydrogen-bond donors (Lipinski definition) is 0. The van der Waals surface area contributed by atoms with Crippen molar-refractivity contribution in [3.63, 3.8) is 0 Å². The van der Waals surface area contributed by atoms with E-state index in [9.17, 15) is 0 Å². The lowest BCUT2D eigenvalue weighted by Crippen LogP contribution is -2.07. The third-order valence-electron chi connectivity index (χ3n) is 1.95. The number of aromatic nitrogens is 1. The van der Waals surface area contributed by atoms with Crippen LogP contribution in [0.4, 0.5) is 0 Å². The van der Waals surface area contributed by atoms with E-state index in [0.717, 1.165) is 12.1 Å². The SMILES string of the molecule is CC(C)CC(Br)Cc1ccc(Cl)cn1. The van der Waals surface area contributed by atoms with Crippen LogP contribution < -0.4 is 0 Å². The van der Waals surface area contributed by atoms with Gasteiger partial charge in [0.25, 0.3) is 0 Å². The molecule has 78 valence electrons. The van der Waals surface area contributed by atoms with Crippen LogP contribution in [-0.2, 0) is 6.42 Å². The summed E-state index contributed by atoms with van der Waals surface area (Å²) in [5.74, 6) is 0.715. The van der Waals surface area contributed by atoms with Gasteiger partial charge in [0.05, 0.1) is 5.02 Å². The summed E-state index contributed by atoms with van der Waals surface area (Å²) in [6.45, 7) is 4.45. The minimum atomic E-state index is 0.510. The van der Waals surface area contributed by atoms with Crippen molar-refractivity contribution in [3.8, 4) is 0 Å². The van der Waals surface area contributed by atoms with Gasteiger partial charge in [0.2, 0.25) is 0 Å². The van der Waals surface area contributed by atoms with Gasteiger partial charge in [-0.3, -0.25) is 4.98 Å². The van der Waals surface area contributed by atoms with Gasteiger partial charge in [-0.15, -0.1) is 0 Å². The van der Waals surface area contributed by atoms with Crippen LogP contribution in [-0.4, -0.2) is 9.81 Å². The van der Waals surface area contributed by atoms with Gasteiger partial charge in [0.15, 0.2) is 0 Å². The van der Waals surface area contributed by atoms with Crippen LogP contribution in [0.2, 0.25) is 5.02 Å². The first-order chi connectivity index (χ1) is 6.58. The Morgan fingerprint density at radius 3 is 2.64 bits per heavy atom. The first-order valence-corrected chi connectivity index (χ1v) is 6.12. The van der Waals surface area contributed by atoms with Crippen molar-refractivity contribution in [2.45, 2.75) is 31.5 Å². The third kappa shape index (κ3) is 4.43. The normalized spacial score (nSPS) is 13.2. The summed E-state index contributed by atoms with van der Waals surface area (Å²) in [6.07, 6.45) is 3.84. The Kier molecular flexibility index (Phi) is 4.90. The smallest absolute Gasteiger partial charge is 0.0589 e. The summed E-state index contributed by atoms with van der Waals surface area (Å²) in [6, 6.07) is 3.87. The zero-order chi connectivity index (χ0) is 10.6. The Morgan fingerprint density at radius 2 is 2.14 bits per heavy atom. The quantitative estimate of drug-likeness (QED) is 0.755. The minimum absolute atomic E-state index is 0.510. The standard InChI is InChI=1S/C11H15BrClN/c1-8(2)5-9(12)6-11-4-3-10(13)7-14-11/h3-4,7-9H,5-6H2,1-2H3. The van der Waals surface area contributed by atoms with Gasteiger partial charge in [-0.25, -0.2) is 0 Å². The lowest BCUT2D eigenvalue weighted by Gasteiger charge is -2.11. The molecule has 0 saturated carbocycles. The predicted octanol–water partition coefficient (Wildman–Crippen LogP) is 4.09. The Labute approximate surface area is 99.0 Å². The van der Waals surface area contributed by atoms with Crippen molar-refractivity contribution >= 4 is 27.5 Å². The molecule has 1 heterocycles. The maximum absolute atomic E-state index is 5.76. The molecule has 0 saturated heterocycles. The first-order valence-electron chi connectivity index (χ1n) is 4.82. The summed E-state index contributed by atoms with van der Waals surface area (Å²) in [4.78, 5) is 4.77. The number of nitrogens with zero attached hydrogens (tertiary/aromatic N) is 1. The Balaban J connectivity index is 2.47. The molecule has 0 N–H and O–H groups in total. The Bertz CT molecular complexity index is 271. The van der Waals surface area contributed by atoms with Crippen LogP contribution in [0.25, 0.3) is 0 Å². The molecule has 14 heavy (non-hydrogen) atoms. The number of alkyl halides is 1. The van der Waals surface area contributed by atoms with Crippen molar-refractivity contribution in [3.05, 3.63) is 29.0 Å². The predicted molar refractivity (Wildman–Crippen MR) is 65.1 cm³/mol. The zero-order valence-electron chi connectivity index (χ0n) is 8.50. The van der Waals surface area contributed by atoms with Gasteiger partial charge in [-0.1, -0.05) is 41.4 Å². The second kappa shape index (κ2) is 5.72. The topological polar surface area (TPSA) is 12.9 Å². The zero-order valence-corrected chi connectivity index (χ0v) is 10.8. The molecule has 1 atom stereocenters. The van der Waals surface area contributed by atoms with Crippen LogP contribution in [0, 0.1) is 5.92 Å². The van der Waals surface area contributed by atoms with E-state index in [1.54, 1.807) is 6.20 Å². The van der Waals surface area contributed by atoms with Gasteiger partial charge in [-0.2, -0.15) is 0 Å². The van der Waals surface area contributed by atoms with E-state index in [1.807, 2.05) is 12.1 Å². The van der Waals surface area contributed by atoms with Crippen molar-refractivity contribution in [2.24, 2.45) is 5.92 Å². The average molecular weight is 277 g/mol. The first kappa shape index (κ1) is 12.0. The summed E-state index contributed by atoms with van der Waals surface area (Å²) < 4.78 is 0. The van der Waals surface area contributed by atoms with Crippen molar-refractivity contribution in [1.82, 2.24) is 4.98 Å². The maximum atomic E-state index is 5.76. The molecule has 0 fully saturated rings. The molecule has 0 amide bonds. The van der Waals surface area contributed by atoms with Gasteiger partial charge < -0.3 is 0 Å². The summed E-state index contributed by atoms with van der Waals surface area (Å²) >= 11 is 9.42. The molecule has 1 rings (SSSR count). The molecule has 0 aliphatic heterocycles. The van der Waals surface area contributed by atoms with Gasteiger partial charge in [0.1, 0.15) is 0 Å². The molecule has 0 radical (unpaired) electrons. The highest BCUT2D eigenvalue weighted by Gasteiger charge is 2.08. The molecule has 1 aromatic rings. The van der Waals surface area contributed by atoms with E-state index in [2.05, 4.69) is 34.8 Å². The van der Waals surface area contributed by atoms with Crippen LogP contribution in [0.3, 0.4) is 0 Å². The van der Waals surface area contributed by atoms with E-state index in [-0.39, 0.29) is 0 Å². The number of halogens is 2. The molecular formula is C11H15BrClN. The lowest BCUT2D eigenvalue weighted by molar-refractivity contribution is 0.568. The number of hydrogen-bond acceptors (Lipinski definition) is 1.